The fourth-order valence-electron chi connectivity index (χ4n) is 1.41. The number of hydrogen-bond donors (Lipinski definition) is 2. The number of carboxylic acid groups (broad SMARTS) is 1. The van der Waals surface area contributed by atoms with Crippen LogP contribution >= 0.6 is 0 Å². The Hall–Kier alpha value is -1.09. The van der Waals surface area contributed by atoms with Crippen molar-refractivity contribution in [2.75, 3.05) is 0 Å². The third-order valence-corrected chi connectivity index (χ3v) is 2.40. The molecule has 0 amide bonds. The Labute approximate surface area is 71.6 Å². The summed E-state index contributed by atoms with van der Waals surface area (Å²) in [5.74, 6) is -0.849. The highest BCUT2D eigenvalue weighted by atomic mass is 16.4. The van der Waals surface area contributed by atoms with E-state index in [0.29, 0.717) is 6.42 Å². The number of rotatable bonds is 2. The van der Waals surface area contributed by atoms with Crippen molar-refractivity contribution in [3.05, 3.63) is 24.3 Å². The second-order valence-corrected chi connectivity index (χ2v) is 2.97. The molecule has 66 valence electrons. The molecule has 0 bridgehead atoms. The van der Waals surface area contributed by atoms with Gasteiger partial charge in [0.25, 0.3) is 0 Å². The topological polar surface area (TPSA) is 63.3 Å². The van der Waals surface area contributed by atoms with Gasteiger partial charge in [-0.15, -0.1) is 0 Å². The summed E-state index contributed by atoms with van der Waals surface area (Å²) in [5.41, 5.74) is 4.81. The number of carboxylic acids is 1. The number of nitrogens with two attached hydrogens (primary N) is 1. The number of aliphatic carboxylic acids is 1. The van der Waals surface area contributed by atoms with Gasteiger partial charge in [-0.2, -0.15) is 0 Å². The van der Waals surface area contributed by atoms with E-state index in [1.807, 2.05) is 6.92 Å². The molecule has 2 atom stereocenters. The zero-order chi connectivity index (χ0) is 9.19. The first-order chi connectivity index (χ1) is 5.63. The summed E-state index contributed by atoms with van der Waals surface area (Å²) in [4.78, 5) is 11.0. The molecule has 3 nitrogen and oxygen atoms in total. The molecule has 0 aromatic heterocycles. The van der Waals surface area contributed by atoms with E-state index in [4.69, 9.17) is 10.8 Å². The van der Waals surface area contributed by atoms with E-state index in [-0.39, 0.29) is 0 Å². The van der Waals surface area contributed by atoms with Crippen LogP contribution in [0.25, 0.3) is 0 Å². The molecular formula is C9H13NO2. The minimum atomic E-state index is -0.894. The molecule has 1 rings (SSSR count). The van der Waals surface area contributed by atoms with E-state index in [2.05, 4.69) is 0 Å². The van der Waals surface area contributed by atoms with Crippen LogP contribution in [-0.4, -0.2) is 17.1 Å². The van der Waals surface area contributed by atoms with Crippen LogP contribution in [0.3, 0.4) is 0 Å². The third-order valence-electron chi connectivity index (χ3n) is 2.40. The summed E-state index contributed by atoms with van der Waals surface area (Å²) in [6.45, 7) is 1.83. The largest absolute Gasteiger partial charge is 0.481 e. The molecule has 0 aromatic rings. The van der Waals surface area contributed by atoms with Crippen molar-refractivity contribution in [2.45, 2.75) is 19.4 Å². The Morgan fingerprint density at radius 1 is 1.67 bits per heavy atom. The molecule has 1 aliphatic carbocycles. The van der Waals surface area contributed by atoms with E-state index in [0.717, 1.165) is 0 Å². The summed E-state index contributed by atoms with van der Waals surface area (Å²) >= 11 is 0. The number of allylic oxidation sites excluding steroid dienone is 2. The Bertz CT molecular complexity index is 245. The molecular weight excluding hydrogens is 154 g/mol. The lowest BCUT2D eigenvalue weighted by Gasteiger charge is -2.30. The van der Waals surface area contributed by atoms with E-state index in [1.54, 1.807) is 24.3 Å². The SMILES string of the molecule is CCC1(C(=O)O)C=CC=CC1N. The highest BCUT2D eigenvalue weighted by Crippen LogP contribution is 2.30. The normalized spacial score (nSPS) is 33.7. The van der Waals surface area contributed by atoms with Gasteiger partial charge in [-0.3, -0.25) is 4.79 Å². The predicted molar refractivity (Wildman–Crippen MR) is 46.6 cm³/mol. The van der Waals surface area contributed by atoms with Gasteiger partial charge in [-0.25, -0.2) is 0 Å². The van der Waals surface area contributed by atoms with Gasteiger partial charge >= 0.3 is 5.97 Å². The number of carbonyl (C=O) groups is 1. The summed E-state index contributed by atoms with van der Waals surface area (Å²) in [6.07, 6.45) is 7.42. The fraction of sp³-hybridized carbons (Fsp3) is 0.444. The average molecular weight is 167 g/mol. The monoisotopic (exact) mass is 167 g/mol. The molecule has 0 saturated heterocycles. The lowest BCUT2D eigenvalue weighted by molar-refractivity contribution is -0.146. The lowest BCUT2D eigenvalue weighted by Crippen LogP contribution is -2.45. The molecule has 12 heavy (non-hydrogen) atoms. The highest BCUT2D eigenvalue weighted by molar-refractivity contribution is 5.79. The van der Waals surface area contributed by atoms with E-state index in [1.165, 1.54) is 0 Å². The molecule has 2 unspecified atom stereocenters. The van der Waals surface area contributed by atoms with Crippen LogP contribution in [0.15, 0.2) is 24.3 Å². The number of hydrogen-bond acceptors (Lipinski definition) is 2. The maximum atomic E-state index is 11.0. The molecule has 3 heteroatoms. The Morgan fingerprint density at radius 2 is 2.33 bits per heavy atom. The molecule has 0 fully saturated rings. The summed E-state index contributed by atoms with van der Waals surface area (Å²) in [6, 6.07) is -0.412. The molecule has 0 aromatic carbocycles. The van der Waals surface area contributed by atoms with Crippen molar-refractivity contribution in [3.8, 4) is 0 Å². The summed E-state index contributed by atoms with van der Waals surface area (Å²) in [5, 5.41) is 8.99. The Morgan fingerprint density at radius 3 is 2.67 bits per heavy atom. The zero-order valence-electron chi connectivity index (χ0n) is 7.03. The molecule has 0 spiro atoms. The average Bonchev–Trinajstić information content (AvgIpc) is 2.05. The lowest BCUT2D eigenvalue weighted by atomic mass is 9.76. The molecule has 0 aliphatic heterocycles. The van der Waals surface area contributed by atoms with Crippen molar-refractivity contribution >= 4 is 5.97 Å². The van der Waals surface area contributed by atoms with Crippen LogP contribution in [0.4, 0.5) is 0 Å². The minimum absolute atomic E-state index is 0.412. The minimum Gasteiger partial charge on any atom is -0.481 e. The first-order valence-corrected chi connectivity index (χ1v) is 3.98. The maximum absolute atomic E-state index is 11.0. The summed E-state index contributed by atoms with van der Waals surface area (Å²) in [7, 11) is 0. The zero-order valence-corrected chi connectivity index (χ0v) is 7.03. The maximum Gasteiger partial charge on any atom is 0.315 e. The van der Waals surface area contributed by atoms with Crippen LogP contribution in [-0.2, 0) is 4.79 Å². The second-order valence-electron chi connectivity index (χ2n) is 2.97. The third kappa shape index (κ3) is 1.16. The van der Waals surface area contributed by atoms with Gasteiger partial charge in [0.2, 0.25) is 0 Å². The van der Waals surface area contributed by atoms with Gasteiger partial charge in [0.05, 0.1) is 0 Å². The van der Waals surface area contributed by atoms with Crippen LogP contribution < -0.4 is 5.73 Å². The summed E-state index contributed by atoms with van der Waals surface area (Å²) < 4.78 is 0. The molecule has 3 N–H and O–H groups in total. The molecule has 0 heterocycles. The predicted octanol–water partition coefficient (Wildman–Crippen LogP) is 0.921. The standard InChI is InChI=1S/C9H13NO2/c1-2-9(8(11)12)6-4-3-5-7(9)10/h3-7H,2,10H2,1H3,(H,11,12). The fourth-order valence-corrected chi connectivity index (χ4v) is 1.41. The van der Waals surface area contributed by atoms with Crippen LogP contribution in [0, 0.1) is 5.41 Å². The van der Waals surface area contributed by atoms with Crippen molar-refractivity contribution in [3.63, 3.8) is 0 Å². The molecule has 0 saturated carbocycles. The van der Waals surface area contributed by atoms with Crippen LogP contribution in [0.1, 0.15) is 13.3 Å². The van der Waals surface area contributed by atoms with E-state index in [9.17, 15) is 4.79 Å². The highest BCUT2D eigenvalue weighted by Gasteiger charge is 2.39. The first-order valence-electron chi connectivity index (χ1n) is 3.98. The second kappa shape index (κ2) is 3.11. The Kier molecular flexibility index (Phi) is 2.33. The van der Waals surface area contributed by atoms with Gasteiger partial charge in [0, 0.05) is 6.04 Å². The van der Waals surface area contributed by atoms with Gasteiger partial charge in [0.1, 0.15) is 5.41 Å². The van der Waals surface area contributed by atoms with Crippen LogP contribution in [0.5, 0.6) is 0 Å². The van der Waals surface area contributed by atoms with Gasteiger partial charge in [-0.05, 0) is 6.42 Å². The van der Waals surface area contributed by atoms with Gasteiger partial charge < -0.3 is 10.8 Å². The quantitative estimate of drug-likeness (QED) is 0.642. The van der Waals surface area contributed by atoms with Gasteiger partial charge in [0.15, 0.2) is 0 Å². The van der Waals surface area contributed by atoms with Crippen molar-refractivity contribution in [1.29, 1.82) is 0 Å². The van der Waals surface area contributed by atoms with Crippen molar-refractivity contribution < 1.29 is 9.90 Å². The first kappa shape index (κ1) is 9.00. The Balaban J connectivity index is 3.00. The van der Waals surface area contributed by atoms with Crippen molar-refractivity contribution in [1.82, 2.24) is 0 Å². The molecule has 1 aliphatic rings. The smallest absolute Gasteiger partial charge is 0.315 e. The molecule has 0 radical (unpaired) electrons. The van der Waals surface area contributed by atoms with Crippen molar-refractivity contribution in [2.24, 2.45) is 11.1 Å². The van der Waals surface area contributed by atoms with Crippen LogP contribution in [0.2, 0.25) is 0 Å². The van der Waals surface area contributed by atoms with E-state index >= 15 is 0 Å². The van der Waals surface area contributed by atoms with Gasteiger partial charge in [-0.1, -0.05) is 31.2 Å². The van der Waals surface area contributed by atoms with E-state index < -0.39 is 17.4 Å².